The number of unbranched alkanes of at least 4 members (excludes halogenated alkanes) is 25. The molecule has 0 aromatic heterocycles. The summed E-state index contributed by atoms with van der Waals surface area (Å²) in [6, 6.07) is 0. The lowest BCUT2D eigenvalue weighted by atomic mass is 10.0. The van der Waals surface area contributed by atoms with Crippen molar-refractivity contribution in [3.05, 3.63) is 0 Å². The van der Waals surface area contributed by atoms with E-state index in [0.29, 0.717) is 37.5 Å². The molecule has 0 aliphatic carbocycles. The zero-order chi connectivity index (χ0) is 58.1. The number of ether oxygens (including phenoxy) is 4. The maximum atomic E-state index is 12.9. The maximum Gasteiger partial charge on any atom is 0.472 e. The van der Waals surface area contributed by atoms with E-state index in [2.05, 4.69) is 48.5 Å². The van der Waals surface area contributed by atoms with Crippen molar-refractivity contribution in [2.75, 3.05) is 39.6 Å². The van der Waals surface area contributed by atoms with Gasteiger partial charge in [0.15, 0.2) is 12.2 Å². The van der Waals surface area contributed by atoms with Crippen LogP contribution in [0.2, 0.25) is 0 Å². The van der Waals surface area contributed by atoms with Crippen molar-refractivity contribution in [2.45, 2.75) is 298 Å². The third-order valence-electron chi connectivity index (χ3n) is 13.4. The van der Waals surface area contributed by atoms with Gasteiger partial charge < -0.3 is 33.8 Å². The van der Waals surface area contributed by atoms with Gasteiger partial charge in [0.05, 0.1) is 26.4 Å². The predicted molar refractivity (Wildman–Crippen MR) is 308 cm³/mol. The molecular weight excluding hydrogens is 1040 g/mol. The van der Waals surface area contributed by atoms with Gasteiger partial charge in [-0.1, -0.05) is 228 Å². The molecule has 0 saturated heterocycles. The molecule has 0 fully saturated rings. The summed E-state index contributed by atoms with van der Waals surface area (Å²) in [4.78, 5) is 71.8. The van der Waals surface area contributed by atoms with Crippen LogP contribution in [0, 0.1) is 17.8 Å². The molecule has 0 aromatic rings. The van der Waals surface area contributed by atoms with Crippen LogP contribution in [-0.2, 0) is 65.4 Å². The minimum Gasteiger partial charge on any atom is -0.462 e. The Labute approximate surface area is 473 Å². The standard InChI is InChI=1S/C59H114O17P2/c1-8-9-10-11-12-18-26-33-40-56(61)69-47-55(76-59(64)43-36-29-22-21-25-32-39-52(6)7)49-74-78(67,68)72-45-53(60)44-71-77(65,66)73-48-54(46-70-57(62)41-34-27-20-15-17-24-31-38-51(4)5)75-58(63)42-35-28-19-14-13-16-23-30-37-50(2)3/h50-55,60H,8-49H2,1-7H3,(H,65,66)(H,67,68)/t53-,54-,55-/m1/s1. The molecule has 0 aromatic carbocycles. The molecule has 0 rings (SSSR count). The molecule has 0 aliphatic rings. The third kappa shape index (κ3) is 53.4. The van der Waals surface area contributed by atoms with Crippen LogP contribution >= 0.6 is 15.6 Å². The molecule has 0 radical (unpaired) electrons. The van der Waals surface area contributed by atoms with Crippen LogP contribution in [0.15, 0.2) is 0 Å². The summed E-state index contributed by atoms with van der Waals surface area (Å²) in [5, 5.41) is 10.5. The van der Waals surface area contributed by atoms with Gasteiger partial charge in [-0.2, -0.15) is 0 Å². The van der Waals surface area contributed by atoms with Crippen molar-refractivity contribution in [1.82, 2.24) is 0 Å². The Bertz CT molecular complexity index is 1560. The van der Waals surface area contributed by atoms with Gasteiger partial charge in [-0.25, -0.2) is 9.13 Å². The number of hydrogen-bond donors (Lipinski definition) is 3. The van der Waals surface area contributed by atoms with E-state index in [4.69, 9.17) is 37.0 Å². The highest BCUT2D eigenvalue weighted by Crippen LogP contribution is 2.45. The first-order valence-electron chi connectivity index (χ1n) is 30.8. The van der Waals surface area contributed by atoms with Gasteiger partial charge in [0.2, 0.25) is 0 Å². The van der Waals surface area contributed by atoms with E-state index in [1.54, 1.807) is 0 Å². The number of carbonyl (C=O) groups excluding carboxylic acids is 4. The number of carbonyl (C=O) groups is 4. The Morgan fingerprint density at radius 1 is 0.346 bits per heavy atom. The van der Waals surface area contributed by atoms with E-state index < -0.39 is 97.5 Å². The van der Waals surface area contributed by atoms with Gasteiger partial charge >= 0.3 is 39.5 Å². The number of aliphatic hydroxyl groups is 1. The molecule has 0 spiro atoms. The quantitative estimate of drug-likeness (QED) is 0.0222. The summed E-state index contributed by atoms with van der Waals surface area (Å²) in [7, 11) is -9.87. The summed E-state index contributed by atoms with van der Waals surface area (Å²) in [5.41, 5.74) is 0. The normalized spacial score (nSPS) is 14.5. The van der Waals surface area contributed by atoms with Crippen molar-refractivity contribution in [3.8, 4) is 0 Å². The average molecular weight is 1160 g/mol. The number of hydrogen-bond acceptors (Lipinski definition) is 15. The van der Waals surface area contributed by atoms with E-state index in [1.165, 1.54) is 77.0 Å². The molecule has 462 valence electrons. The maximum absolute atomic E-state index is 12.9. The van der Waals surface area contributed by atoms with Crippen molar-refractivity contribution in [3.63, 3.8) is 0 Å². The Kier molecular flexibility index (Phi) is 49.5. The van der Waals surface area contributed by atoms with Crippen molar-refractivity contribution in [2.24, 2.45) is 17.8 Å². The second-order valence-corrected chi connectivity index (χ2v) is 25.7. The number of phosphoric ester groups is 2. The van der Waals surface area contributed by atoms with Crippen LogP contribution in [0.4, 0.5) is 0 Å². The zero-order valence-corrected chi connectivity index (χ0v) is 51.9. The van der Waals surface area contributed by atoms with E-state index >= 15 is 0 Å². The van der Waals surface area contributed by atoms with E-state index in [9.17, 15) is 43.2 Å². The second kappa shape index (κ2) is 50.8. The summed E-state index contributed by atoms with van der Waals surface area (Å²) in [6.07, 6.45) is 29.7. The molecular formula is C59H114O17P2. The van der Waals surface area contributed by atoms with Crippen molar-refractivity contribution >= 4 is 39.5 Å². The Balaban J connectivity index is 5.23. The number of rotatable bonds is 57. The SMILES string of the molecule is CCCCCCCCCCC(=O)OC[C@H](COP(=O)(O)OC[C@H](O)COP(=O)(O)OC[C@@H](COC(=O)CCCCCCCCCC(C)C)OC(=O)CCCCCCCCCCC(C)C)OC(=O)CCCCCCCCC(C)C. The van der Waals surface area contributed by atoms with Crippen LogP contribution in [-0.4, -0.2) is 96.7 Å². The fourth-order valence-corrected chi connectivity index (χ4v) is 10.2. The highest BCUT2D eigenvalue weighted by atomic mass is 31.2. The highest BCUT2D eigenvalue weighted by Gasteiger charge is 2.30. The van der Waals surface area contributed by atoms with Crippen LogP contribution in [0.5, 0.6) is 0 Å². The zero-order valence-electron chi connectivity index (χ0n) is 50.1. The lowest BCUT2D eigenvalue weighted by Crippen LogP contribution is -2.30. The summed E-state index contributed by atoms with van der Waals surface area (Å²) in [5.74, 6) is -0.0585. The molecule has 0 heterocycles. The summed E-state index contributed by atoms with van der Waals surface area (Å²) < 4.78 is 67.7. The first-order valence-corrected chi connectivity index (χ1v) is 33.8. The number of phosphoric acid groups is 2. The van der Waals surface area contributed by atoms with Gasteiger partial charge in [-0.15, -0.1) is 0 Å². The molecule has 19 heteroatoms. The number of aliphatic hydroxyl groups excluding tert-OH is 1. The molecule has 0 aliphatic heterocycles. The fraction of sp³-hybridized carbons (Fsp3) is 0.932. The molecule has 78 heavy (non-hydrogen) atoms. The summed E-state index contributed by atoms with van der Waals surface area (Å²) >= 11 is 0. The third-order valence-corrected chi connectivity index (χ3v) is 15.3. The largest absolute Gasteiger partial charge is 0.472 e. The number of esters is 4. The highest BCUT2D eigenvalue weighted by molar-refractivity contribution is 7.47. The molecule has 0 amide bonds. The van der Waals surface area contributed by atoms with E-state index in [0.717, 1.165) is 109 Å². The molecule has 3 N–H and O–H groups in total. The minimum absolute atomic E-state index is 0.101. The van der Waals surface area contributed by atoms with Gasteiger partial charge in [0.1, 0.15) is 19.3 Å². The molecule has 0 bridgehead atoms. The first-order chi connectivity index (χ1) is 37.2. The average Bonchev–Trinajstić information content (AvgIpc) is 3.38. The monoisotopic (exact) mass is 1160 g/mol. The molecule has 0 saturated carbocycles. The van der Waals surface area contributed by atoms with Crippen LogP contribution in [0.3, 0.4) is 0 Å². The Morgan fingerprint density at radius 2 is 0.590 bits per heavy atom. The lowest BCUT2D eigenvalue weighted by Gasteiger charge is -2.21. The summed E-state index contributed by atoms with van der Waals surface area (Å²) in [6.45, 7) is 11.5. The second-order valence-electron chi connectivity index (χ2n) is 22.8. The van der Waals surface area contributed by atoms with Gasteiger partial charge in [0.25, 0.3) is 0 Å². The molecule has 17 nitrogen and oxygen atoms in total. The van der Waals surface area contributed by atoms with Crippen molar-refractivity contribution < 1.29 is 80.2 Å². The Morgan fingerprint density at radius 3 is 0.872 bits per heavy atom. The van der Waals surface area contributed by atoms with Gasteiger partial charge in [-0.3, -0.25) is 37.3 Å². The van der Waals surface area contributed by atoms with Crippen LogP contribution in [0.25, 0.3) is 0 Å². The van der Waals surface area contributed by atoms with Crippen molar-refractivity contribution in [1.29, 1.82) is 0 Å². The predicted octanol–water partition coefficient (Wildman–Crippen LogP) is 15.6. The van der Waals surface area contributed by atoms with Gasteiger partial charge in [-0.05, 0) is 43.4 Å². The smallest absolute Gasteiger partial charge is 0.462 e. The van der Waals surface area contributed by atoms with E-state index in [1.807, 2.05) is 0 Å². The van der Waals surface area contributed by atoms with Crippen LogP contribution < -0.4 is 0 Å². The fourth-order valence-electron chi connectivity index (χ4n) is 8.60. The Hall–Kier alpha value is -1.94. The lowest BCUT2D eigenvalue weighted by molar-refractivity contribution is -0.161. The minimum atomic E-state index is -4.94. The van der Waals surface area contributed by atoms with Gasteiger partial charge in [0, 0.05) is 25.7 Å². The van der Waals surface area contributed by atoms with Crippen LogP contribution in [0.1, 0.15) is 280 Å². The molecule has 5 atom stereocenters. The molecule has 2 unspecified atom stereocenters. The van der Waals surface area contributed by atoms with E-state index in [-0.39, 0.29) is 25.7 Å². The first kappa shape index (κ1) is 76.1. The topological polar surface area (TPSA) is 237 Å².